The lowest BCUT2D eigenvalue weighted by Gasteiger charge is -2.25. The summed E-state index contributed by atoms with van der Waals surface area (Å²) in [4.78, 5) is 20.6. The van der Waals surface area contributed by atoms with Gasteiger partial charge in [0.1, 0.15) is 5.82 Å². The minimum absolute atomic E-state index is 0.0963. The normalized spacial score (nSPS) is 26.7. The van der Waals surface area contributed by atoms with Gasteiger partial charge in [-0.05, 0) is 87.9 Å². The molecule has 1 amide bonds. The molecule has 3 atom stereocenters. The van der Waals surface area contributed by atoms with Gasteiger partial charge < -0.3 is 15.6 Å². The quantitative estimate of drug-likeness (QED) is 0.704. The Morgan fingerprint density at radius 2 is 1.96 bits per heavy atom. The third-order valence-corrected chi connectivity index (χ3v) is 6.77. The smallest absolute Gasteiger partial charge is 0.223 e. The highest BCUT2D eigenvalue weighted by atomic mass is 16.2. The van der Waals surface area contributed by atoms with Crippen LogP contribution in [0.4, 0.5) is 0 Å². The molecule has 2 aliphatic carbocycles. The summed E-state index contributed by atoms with van der Waals surface area (Å²) in [6.07, 6.45) is 7.26. The Labute approximate surface area is 160 Å². The van der Waals surface area contributed by atoms with Crippen molar-refractivity contribution in [3.63, 3.8) is 0 Å². The van der Waals surface area contributed by atoms with Crippen LogP contribution >= 0.6 is 0 Å². The number of fused-ring (bicyclic) bond motifs is 1. The Morgan fingerprint density at radius 3 is 2.56 bits per heavy atom. The molecule has 1 saturated heterocycles. The van der Waals surface area contributed by atoms with E-state index in [1.807, 2.05) is 0 Å². The first-order chi connectivity index (χ1) is 13.1. The number of imidazole rings is 1. The molecule has 2 saturated carbocycles. The van der Waals surface area contributed by atoms with Crippen LogP contribution in [0.5, 0.6) is 0 Å². The largest absolute Gasteiger partial charge is 0.353 e. The molecule has 5 rings (SSSR count). The fourth-order valence-corrected chi connectivity index (χ4v) is 5.17. The van der Waals surface area contributed by atoms with Gasteiger partial charge in [-0.3, -0.25) is 4.79 Å². The zero-order chi connectivity index (χ0) is 18.5. The Bertz CT molecular complexity index is 839. The van der Waals surface area contributed by atoms with Crippen molar-refractivity contribution in [2.24, 2.45) is 23.7 Å². The summed E-state index contributed by atoms with van der Waals surface area (Å²) in [5.74, 6) is 3.85. The second-order valence-electron chi connectivity index (χ2n) is 9.04. The van der Waals surface area contributed by atoms with Crippen molar-refractivity contribution >= 4 is 16.9 Å². The molecule has 0 spiro atoms. The Morgan fingerprint density at radius 1 is 1.22 bits per heavy atom. The minimum atomic E-state index is 0.0963. The Kier molecular flexibility index (Phi) is 4.23. The average Bonchev–Trinajstić information content (AvgIpc) is 3.56. The monoisotopic (exact) mass is 366 g/mol. The summed E-state index contributed by atoms with van der Waals surface area (Å²) in [5.41, 5.74) is 3.34. The highest BCUT2D eigenvalue weighted by Crippen LogP contribution is 2.53. The summed E-state index contributed by atoms with van der Waals surface area (Å²) in [7, 11) is 2.07. The molecule has 3 aliphatic rings. The summed E-state index contributed by atoms with van der Waals surface area (Å²) in [6.45, 7) is 2.08. The average molecular weight is 367 g/mol. The number of amides is 1. The number of nitrogens with one attached hydrogen (secondary N) is 3. The van der Waals surface area contributed by atoms with Crippen LogP contribution in [0, 0.1) is 23.7 Å². The molecule has 1 aliphatic heterocycles. The van der Waals surface area contributed by atoms with E-state index in [1.165, 1.54) is 31.2 Å². The minimum Gasteiger partial charge on any atom is -0.353 e. The molecule has 3 fully saturated rings. The fraction of sp³-hybridized carbons (Fsp3) is 0.636. The molecule has 3 unspecified atom stereocenters. The second kappa shape index (κ2) is 6.62. The first-order valence-electron chi connectivity index (χ1n) is 10.6. The SMILES string of the molecule is CNC(c1nc2ccc(CC3CC(C)NC3=O)cc2[nH]1)C(C1CC1)C1CC1. The van der Waals surface area contributed by atoms with Crippen LogP contribution in [0.2, 0.25) is 0 Å². The molecular weight excluding hydrogens is 336 g/mol. The van der Waals surface area contributed by atoms with E-state index in [2.05, 4.69) is 47.8 Å². The number of nitrogens with zero attached hydrogens (tertiary/aromatic N) is 1. The van der Waals surface area contributed by atoms with Crippen molar-refractivity contribution in [2.45, 2.75) is 57.5 Å². The lowest BCUT2D eigenvalue weighted by atomic mass is 9.89. The molecule has 0 bridgehead atoms. The van der Waals surface area contributed by atoms with Crippen LogP contribution in [0.1, 0.15) is 56.5 Å². The highest BCUT2D eigenvalue weighted by Gasteiger charge is 2.46. The molecule has 1 aromatic carbocycles. The van der Waals surface area contributed by atoms with E-state index in [4.69, 9.17) is 4.98 Å². The number of hydrogen-bond donors (Lipinski definition) is 3. The van der Waals surface area contributed by atoms with Gasteiger partial charge in [-0.25, -0.2) is 4.98 Å². The molecule has 144 valence electrons. The number of carbonyl (C=O) groups excluding carboxylic acids is 1. The van der Waals surface area contributed by atoms with E-state index >= 15 is 0 Å². The van der Waals surface area contributed by atoms with Crippen molar-refractivity contribution in [1.82, 2.24) is 20.6 Å². The number of rotatable bonds is 7. The van der Waals surface area contributed by atoms with Crippen LogP contribution in [0.15, 0.2) is 18.2 Å². The van der Waals surface area contributed by atoms with E-state index in [9.17, 15) is 4.79 Å². The van der Waals surface area contributed by atoms with E-state index in [0.29, 0.717) is 12.1 Å². The number of H-pyrrole nitrogens is 1. The van der Waals surface area contributed by atoms with Crippen molar-refractivity contribution in [1.29, 1.82) is 0 Å². The molecule has 2 heterocycles. The maximum atomic E-state index is 12.1. The van der Waals surface area contributed by atoms with Crippen molar-refractivity contribution < 1.29 is 4.79 Å². The van der Waals surface area contributed by atoms with Gasteiger partial charge in [0, 0.05) is 12.0 Å². The van der Waals surface area contributed by atoms with E-state index in [-0.39, 0.29) is 11.8 Å². The van der Waals surface area contributed by atoms with Gasteiger partial charge in [0.25, 0.3) is 0 Å². The maximum Gasteiger partial charge on any atom is 0.223 e. The maximum absolute atomic E-state index is 12.1. The van der Waals surface area contributed by atoms with Crippen LogP contribution in [0.25, 0.3) is 11.0 Å². The van der Waals surface area contributed by atoms with E-state index in [1.54, 1.807) is 0 Å². The van der Waals surface area contributed by atoms with Gasteiger partial charge in [-0.1, -0.05) is 6.07 Å². The lowest BCUT2D eigenvalue weighted by molar-refractivity contribution is -0.122. The van der Waals surface area contributed by atoms with Crippen molar-refractivity contribution in [3.05, 3.63) is 29.6 Å². The first kappa shape index (κ1) is 17.2. The Hall–Kier alpha value is -1.88. The summed E-state index contributed by atoms with van der Waals surface area (Å²) in [6, 6.07) is 7.05. The van der Waals surface area contributed by atoms with Crippen LogP contribution in [0.3, 0.4) is 0 Å². The van der Waals surface area contributed by atoms with Crippen molar-refractivity contribution in [2.75, 3.05) is 7.05 Å². The highest BCUT2D eigenvalue weighted by molar-refractivity contribution is 5.82. The zero-order valence-corrected chi connectivity index (χ0v) is 16.3. The van der Waals surface area contributed by atoms with Crippen molar-refractivity contribution in [3.8, 4) is 0 Å². The fourth-order valence-electron chi connectivity index (χ4n) is 5.17. The molecule has 5 heteroatoms. The predicted molar refractivity (Wildman–Crippen MR) is 106 cm³/mol. The summed E-state index contributed by atoms with van der Waals surface area (Å²) < 4.78 is 0. The standard InChI is InChI=1S/C22H30N4O/c1-12-9-16(22(27)24-12)10-13-3-8-17-18(11-13)26-21(25-17)20(23-2)19(14-4-5-14)15-6-7-15/h3,8,11-12,14-16,19-20,23H,4-7,9-10H2,1-2H3,(H,24,27)(H,25,26). The third-order valence-electron chi connectivity index (χ3n) is 6.77. The van der Waals surface area contributed by atoms with Gasteiger partial charge in [-0.2, -0.15) is 0 Å². The molecule has 1 aromatic heterocycles. The molecule has 3 N–H and O–H groups in total. The first-order valence-corrected chi connectivity index (χ1v) is 10.6. The lowest BCUT2D eigenvalue weighted by Crippen LogP contribution is -2.29. The number of benzene rings is 1. The summed E-state index contributed by atoms with van der Waals surface area (Å²) >= 11 is 0. The van der Waals surface area contributed by atoms with E-state index < -0.39 is 0 Å². The van der Waals surface area contributed by atoms with Crippen LogP contribution < -0.4 is 10.6 Å². The molecule has 27 heavy (non-hydrogen) atoms. The molecular formula is C22H30N4O. The molecule has 2 aromatic rings. The third kappa shape index (κ3) is 3.38. The zero-order valence-electron chi connectivity index (χ0n) is 16.3. The van der Waals surface area contributed by atoms with Crippen LogP contribution in [-0.4, -0.2) is 29.0 Å². The topological polar surface area (TPSA) is 69.8 Å². The number of aromatic amines is 1. The van der Waals surface area contributed by atoms with Gasteiger partial charge in [0.2, 0.25) is 5.91 Å². The van der Waals surface area contributed by atoms with E-state index in [0.717, 1.165) is 47.5 Å². The van der Waals surface area contributed by atoms with Crippen LogP contribution in [-0.2, 0) is 11.2 Å². The molecule has 5 nitrogen and oxygen atoms in total. The molecule has 0 radical (unpaired) electrons. The predicted octanol–water partition coefficient (Wildman–Crippen LogP) is 3.33. The van der Waals surface area contributed by atoms with Gasteiger partial charge >= 0.3 is 0 Å². The van der Waals surface area contributed by atoms with Gasteiger partial charge in [0.05, 0.1) is 17.1 Å². The van der Waals surface area contributed by atoms with Gasteiger partial charge in [0.15, 0.2) is 0 Å². The number of aromatic nitrogens is 2. The second-order valence-corrected chi connectivity index (χ2v) is 9.04. The number of carbonyl (C=O) groups is 1. The van der Waals surface area contributed by atoms with Gasteiger partial charge in [-0.15, -0.1) is 0 Å². The Balaban J connectivity index is 1.39. The summed E-state index contributed by atoms with van der Waals surface area (Å²) in [5, 5.41) is 6.59. The number of hydrogen-bond acceptors (Lipinski definition) is 3.